The van der Waals surface area contributed by atoms with Crippen molar-refractivity contribution in [3.05, 3.63) is 21.9 Å². The Morgan fingerprint density at radius 1 is 1.42 bits per heavy atom. The van der Waals surface area contributed by atoms with Crippen molar-refractivity contribution in [3.63, 3.8) is 0 Å². The summed E-state index contributed by atoms with van der Waals surface area (Å²) in [4.78, 5) is 15.9. The molecule has 1 amide bonds. The molecule has 1 aliphatic rings. The molecule has 19 heavy (non-hydrogen) atoms. The standard InChI is InChI=1S/C14H23N3OS/c1-2-12-3-4-13(19-12)9-16-11-5-7-17(8-6-11)10-14(15)18/h3-4,11,16H,2,5-10H2,1H3,(H2,15,18). The molecular weight excluding hydrogens is 258 g/mol. The Bertz CT molecular complexity index is 411. The number of rotatable bonds is 6. The third-order valence-electron chi connectivity index (χ3n) is 3.60. The first kappa shape index (κ1) is 14.5. The number of nitrogens with one attached hydrogen (secondary N) is 1. The zero-order valence-corrected chi connectivity index (χ0v) is 12.3. The van der Waals surface area contributed by atoms with Crippen LogP contribution in [0.15, 0.2) is 12.1 Å². The van der Waals surface area contributed by atoms with E-state index in [4.69, 9.17) is 5.73 Å². The summed E-state index contributed by atoms with van der Waals surface area (Å²) in [7, 11) is 0. The van der Waals surface area contributed by atoms with Gasteiger partial charge in [0.05, 0.1) is 6.54 Å². The maximum absolute atomic E-state index is 10.9. The van der Waals surface area contributed by atoms with E-state index in [1.54, 1.807) is 0 Å². The van der Waals surface area contributed by atoms with E-state index in [0.717, 1.165) is 38.9 Å². The van der Waals surface area contributed by atoms with Crippen molar-refractivity contribution in [2.24, 2.45) is 5.73 Å². The van der Waals surface area contributed by atoms with Crippen LogP contribution in [0.4, 0.5) is 0 Å². The third-order valence-corrected chi connectivity index (χ3v) is 4.83. The predicted octanol–water partition coefficient (Wildman–Crippen LogP) is 1.35. The highest BCUT2D eigenvalue weighted by Gasteiger charge is 2.19. The van der Waals surface area contributed by atoms with Crippen molar-refractivity contribution < 1.29 is 4.79 Å². The van der Waals surface area contributed by atoms with Gasteiger partial charge in [-0.1, -0.05) is 6.92 Å². The van der Waals surface area contributed by atoms with E-state index in [1.165, 1.54) is 9.75 Å². The lowest BCUT2D eigenvalue weighted by atomic mass is 10.1. The van der Waals surface area contributed by atoms with E-state index in [-0.39, 0.29) is 5.91 Å². The molecule has 0 aliphatic carbocycles. The molecule has 0 saturated carbocycles. The number of carbonyl (C=O) groups excluding carboxylic acids is 1. The van der Waals surface area contributed by atoms with Crippen molar-refractivity contribution >= 4 is 17.2 Å². The van der Waals surface area contributed by atoms with Crippen LogP contribution in [0.5, 0.6) is 0 Å². The normalized spacial score (nSPS) is 17.7. The average Bonchev–Trinajstić information content (AvgIpc) is 2.85. The van der Waals surface area contributed by atoms with Crippen molar-refractivity contribution in [2.75, 3.05) is 19.6 Å². The van der Waals surface area contributed by atoms with Gasteiger partial charge < -0.3 is 11.1 Å². The number of likely N-dealkylation sites (tertiary alicyclic amines) is 1. The Morgan fingerprint density at radius 2 is 2.11 bits per heavy atom. The highest BCUT2D eigenvalue weighted by atomic mass is 32.1. The minimum absolute atomic E-state index is 0.225. The van der Waals surface area contributed by atoms with Gasteiger partial charge in [0.1, 0.15) is 0 Å². The van der Waals surface area contributed by atoms with Gasteiger partial charge in [-0.25, -0.2) is 0 Å². The largest absolute Gasteiger partial charge is 0.369 e. The lowest BCUT2D eigenvalue weighted by Gasteiger charge is -2.31. The molecular formula is C14H23N3OS. The Kier molecular flexibility index (Phi) is 5.36. The summed E-state index contributed by atoms with van der Waals surface area (Å²) in [6.07, 6.45) is 3.31. The molecule has 1 aromatic rings. The molecule has 1 aliphatic heterocycles. The average molecular weight is 281 g/mol. The predicted molar refractivity (Wildman–Crippen MR) is 79.2 cm³/mol. The van der Waals surface area contributed by atoms with Gasteiger partial charge in [0.15, 0.2) is 0 Å². The molecule has 1 saturated heterocycles. The van der Waals surface area contributed by atoms with Gasteiger partial charge in [0.2, 0.25) is 5.91 Å². The molecule has 0 atom stereocenters. The molecule has 0 radical (unpaired) electrons. The van der Waals surface area contributed by atoms with Crippen LogP contribution >= 0.6 is 11.3 Å². The summed E-state index contributed by atoms with van der Waals surface area (Å²) in [5.74, 6) is -0.225. The van der Waals surface area contributed by atoms with Crippen LogP contribution in [0.2, 0.25) is 0 Å². The first-order valence-corrected chi connectivity index (χ1v) is 7.80. The SMILES string of the molecule is CCc1ccc(CNC2CCN(CC(N)=O)CC2)s1. The molecule has 106 valence electrons. The van der Waals surface area contributed by atoms with Crippen LogP contribution in [-0.4, -0.2) is 36.5 Å². The summed E-state index contributed by atoms with van der Waals surface area (Å²) >= 11 is 1.90. The second-order valence-corrected chi connectivity index (χ2v) is 6.37. The van der Waals surface area contributed by atoms with Gasteiger partial charge in [0.25, 0.3) is 0 Å². The minimum Gasteiger partial charge on any atom is -0.369 e. The van der Waals surface area contributed by atoms with Gasteiger partial charge in [-0.05, 0) is 31.4 Å². The number of hydrogen-bond acceptors (Lipinski definition) is 4. The number of hydrogen-bond donors (Lipinski definition) is 2. The molecule has 2 rings (SSSR count). The van der Waals surface area contributed by atoms with Gasteiger partial charge in [-0.15, -0.1) is 11.3 Å². The molecule has 3 N–H and O–H groups in total. The number of nitrogens with zero attached hydrogens (tertiary/aromatic N) is 1. The molecule has 5 heteroatoms. The Hall–Kier alpha value is -0.910. The van der Waals surface area contributed by atoms with Gasteiger partial charge >= 0.3 is 0 Å². The highest BCUT2D eigenvalue weighted by Crippen LogP contribution is 2.17. The Morgan fingerprint density at radius 3 is 2.68 bits per heavy atom. The fraction of sp³-hybridized carbons (Fsp3) is 0.643. The van der Waals surface area contributed by atoms with E-state index in [0.29, 0.717) is 12.6 Å². The van der Waals surface area contributed by atoms with E-state index in [1.807, 2.05) is 11.3 Å². The summed E-state index contributed by atoms with van der Waals surface area (Å²) in [6, 6.07) is 5.01. The van der Waals surface area contributed by atoms with E-state index in [2.05, 4.69) is 29.3 Å². The maximum atomic E-state index is 10.9. The number of aryl methyl sites for hydroxylation is 1. The molecule has 1 fully saturated rings. The summed E-state index contributed by atoms with van der Waals surface area (Å²) in [5.41, 5.74) is 5.21. The molecule has 0 bridgehead atoms. The lowest BCUT2D eigenvalue weighted by molar-refractivity contribution is -0.119. The van der Waals surface area contributed by atoms with Crippen molar-refractivity contribution in [1.29, 1.82) is 0 Å². The van der Waals surface area contributed by atoms with Crippen LogP contribution in [0.25, 0.3) is 0 Å². The number of amides is 1. The molecule has 1 aromatic heterocycles. The fourth-order valence-corrected chi connectivity index (χ4v) is 3.38. The third kappa shape index (κ3) is 4.60. The topological polar surface area (TPSA) is 58.4 Å². The second-order valence-electron chi connectivity index (χ2n) is 5.12. The zero-order chi connectivity index (χ0) is 13.7. The molecule has 0 aromatic carbocycles. The monoisotopic (exact) mass is 281 g/mol. The summed E-state index contributed by atoms with van der Waals surface area (Å²) in [5, 5.41) is 3.62. The summed E-state index contributed by atoms with van der Waals surface area (Å²) < 4.78 is 0. The molecule has 0 unspecified atom stereocenters. The smallest absolute Gasteiger partial charge is 0.231 e. The van der Waals surface area contributed by atoms with Gasteiger partial charge in [-0.2, -0.15) is 0 Å². The first-order valence-electron chi connectivity index (χ1n) is 6.99. The zero-order valence-electron chi connectivity index (χ0n) is 11.5. The van der Waals surface area contributed by atoms with Crippen molar-refractivity contribution in [2.45, 2.75) is 38.8 Å². The lowest BCUT2D eigenvalue weighted by Crippen LogP contribution is -2.44. The van der Waals surface area contributed by atoms with Crippen LogP contribution in [0, 0.1) is 0 Å². The molecule has 2 heterocycles. The minimum atomic E-state index is -0.225. The van der Waals surface area contributed by atoms with E-state index in [9.17, 15) is 4.79 Å². The van der Waals surface area contributed by atoms with Gasteiger partial charge in [0, 0.05) is 35.4 Å². The van der Waals surface area contributed by atoms with E-state index >= 15 is 0 Å². The van der Waals surface area contributed by atoms with Gasteiger partial charge in [-0.3, -0.25) is 9.69 Å². The van der Waals surface area contributed by atoms with Crippen LogP contribution in [0.1, 0.15) is 29.5 Å². The fourth-order valence-electron chi connectivity index (χ4n) is 2.47. The number of piperidine rings is 1. The summed E-state index contributed by atoms with van der Waals surface area (Å²) in [6.45, 7) is 5.48. The maximum Gasteiger partial charge on any atom is 0.231 e. The number of primary amides is 1. The number of thiophene rings is 1. The van der Waals surface area contributed by atoms with Crippen LogP contribution in [0.3, 0.4) is 0 Å². The number of nitrogens with two attached hydrogens (primary N) is 1. The second kappa shape index (κ2) is 7.03. The van der Waals surface area contributed by atoms with Crippen molar-refractivity contribution in [3.8, 4) is 0 Å². The Labute approximate surface area is 119 Å². The quantitative estimate of drug-likeness (QED) is 0.827. The van der Waals surface area contributed by atoms with Crippen LogP contribution in [-0.2, 0) is 17.8 Å². The van der Waals surface area contributed by atoms with Crippen LogP contribution < -0.4 is 11.1 Å². The number of carbonyl (C=O) groups is 1. The molecule has 4 nitrogen and oxygen atoms in total. The van der Waals surface area contributed by atoms with E-state index < -0.39 is 0 Å². The van der Waals surface area contributed by atoms with Crippen molar-refractivity contribution in [1.82, 2.24) is 10.2 Å². The first-order chi connectivity index (χ1) is 9.17. The highest BCUT2D eigenvalue weighted by molar-refractivity contribution is 7.11. The molecule has 0 spiro atoms. The Balaban J connectivity index is 1.69.